The molecule has 1 saturated carbocycles. The molecule has 3 atom stereocenters. The van der Waals surface area contributed by atoms with Crippen LogP contribution in [-0.2, 0) is 6.42 Å². The van der Waals surface area contributed by atoms with Gasteiger partial charge in [0.15, 0.2) is 0 Å². The number of hydrogen-bond donors (Lipinski definition) is 1. The molecule has 0 spiro atoms. The quantitative estimate of drug-likeness (QED) is 0.847. The zero-order valence-corrected chi connectivity index (χ0v) is 13.4. The maximum atomic E-state index is 3.56. The lowest BCUT2D eigenvalue weighted by Crippen LogP contribution is -2.39. The average Bonchev–Trinajstić information content (AvgIpc) is 2.90. The Balaban J connectivity index is 1.80. The highest BCUT2D eigenvalue weighted by Gasteiger charge is 2.29. The highest BCUT2D eigenvalue weighted by molar-refractivity contribution is 7.17. The molecule has 2 aromatic rings. The van der Waals surface area contributed by atoms with Gasteiger partial charge in [0.25, 0.3) is 0 Å². The van der Waals surface area contributed by atoms with Crippen LogP contribution in [0, 0.1) is 11.8 Å². The average molecular weight is 287 g/mol. The molecule has 0 aliphatic heterocycles. The number of thiophene rings is 1. The summed E-state index contributed by atoms with van der Waals surface area (Å²) in [7, 11) is 2.13. The minimum absolute atomic E-state index is 0.705. The van der Waals surface area contributed by atoms with Crippen molar-refractivity contribution in [3.05, 3.63) is 35.2 Å². The van der Waals surface area contributed by atoms with E-state index in [0.717, 1.165) is 11.8 Å². The van der Waals surface area contributed by atoms with E-state index in [-0.39, 0.29) is 0 Å². The van der Waals surface area contributed by atoms with Crippen LogP contribution in [0.5, 0.6) is 0 Å². The summed E-state index contributed by atoms with van der Waals surface area (Å²) in [5.74, 6) is 1.74. The van der Waals surface area contributed by atoms with Gasteiger partial charge in [-0.05, 0) is 67.0 Å². The maximum absolute atomic E-state index is 3.56. The van der Waals surface area contributed by atoms with E-state index < -0.39 is 0 Å². The van der Waals surface area contributed by atoms with Crippen molar-refractivity contribution in [1.82, 2.24) is 5.32 Å². The number of nitrogens with one attached hydrogen (secondary N) is 1. The van der Waals surface area contributed by atoms with E-state index in [1.165, 1.54) is 42.2 Å². The molecule has 1 nitrogen and oxygen atoms in total. The number of benzene rings is 1. The Kier molecular flexibility index (Phi) is 4.42. The van der Waals surface area contributed by atoms with Crippen molar-refractivity contribution in [3.8, 4) is 0 Å². The predicted octanol–water partition coefficient (Wildman–Crippen LogP) is 4.86. The molecule has 1 aliphatic rings. The minimum atomic E-state index is 0.705. The Morgan fingerprint density at radius 1 is 1.25 bits per heavy atom. The Labute approximate surface area is 126 Å². The molecule has 108 valence electrons. The molecule has 3 rings (SSSR count). The fraction of sp³-hybridized carbons (Fsp3) is 0.556. The standard InChI is InChI=1S/C18H25NS/c1-3-13-8-9-17(19-2)14(10-13)11-15-12-20-18-7-5-4-6-16(15)18/h4-7,12-14,17,19H,3,8-11H2,1-2H3. The summed E-state index contributed by atoms with van der Waals surface area (Å²) >= 11 is 1.90. The summed E-state index contributed by atoms with van der Waals surface area (Å²) in [5, 5.41) is 7.42. The Bertz CT molecular complexity index is 559. The summed E-state index contributed by atoms with van der Waals surface area (Å²) in [6.07, 6.45) is 6.74. The first-order chi connectivity index (χ1) is 9.81. The van der Waals surface area contributed by atoms with Gasteiger partial charge in [0.05, 0.1) is 0 Å². The van der Waals surface area contributed by atoms with Crippen LogP contribution in [0.1, 0.15) is 38.2 Å². The van der Waals surface area contributed by atoms with Crippen LogP contribution in [0.4, 0.5) is 0 Å². The fourth-order valence-corrected chi connectivity index (χ4v) is 4.79. The third-order valence-corrected chi connectivity index (χ3v) is 6.09. The smallest absolute Gasteiger partial charge is 0.0345 e. The predicted molar refractivity (Wildman–Crippen MR) is 89.5 cm³/mol. The molecule has 0 saturated heterocycles. The van der Waals surface area contributed by atoms with Gasteiger partial charge in [0.1, 0.15) is 0 Å². The summed E-state index contributed by atoms with van der Waals surface area (Å²) < 4.78 is 1.44. The van der Waals surface area contributed by atoms with Crippen molar-refractivity contribution in [3.63, 3.8) is 0 Å². The summed E-state index contributed by atoms with van der Waals surface area (Å²) in [5.41, 5.74) is 1.56. The van der Waals surface area contributed by atoms with Crippen LogP contribution in [-0.4, -0.2) is 13.1 Å². The van der Waals surface area contributed by atoms with E-state index in [9.17, 15) is 0 Å². The first-order valence-electron chi connectivity index (χ1n) is 7.94. The van der Waals surface area contributed by atoms with Crippen LogP contribution in [0.2, 0.25) is 0 Å². The molecule has 20 heavy (non-hydrogen) atoms. The van der Waals surface area contributed by atoms with E-state index in [1.54, 1.807) is 5.56 Å². The molecule has 1 aromatic heterocycles. The highest BCUT2D eigenvalue weighted by Crippen LogP contribution is 2.36. The largest absolute Gasteiger partial charge is 0.317 e. The number of hydrogen-bond acceptors (Lipinski definition) is 2. The normalized spacial score (nSPS) is 27.0. The fourth-order valence-electron chi connectivity index (χ4n) is 3.81. The summed E-state index contributed by atoms with van der Waals surface area (Å²) in [4.78, 5) is 0. The second kappa shape index (κ2) is 6.28. The van der Waals surface area contributed by atoms with Gasteiger partial charge in [-0.1, -0.05) is 31.5 Å². The van der Waals surface area contributed by atoms with Crippen molar-refractivity contribution in [2.75, 3.05) is 7.05 Å². The first kappa shape index (κ1) is 14.1. The SMILES string of the molecule is CCC1CCC(NC)C(Cc2csc3ccccc23)C1. The monoisotopic (exact) mass is 287 g/mol. The molecule has 0 radical (unpaired) electrons. The second-order valence-corrected chi connectivity index (χ2v) is 7.12. The molecule has 2 heteroatoms. The number of fused-ring (bicyclic) bond motifs is 1. The minimum Gasteiger partial charge on any atom is -0.317 e. The van der Waals surface area contributed by atoms with Crippen LogP contribution < -0.4 is 5.32 Å². The lowest BCUT2D eigenvalue weighted by atomic mass is 9.74. The Morgan fingerprint density at radius 3 is 2.90 bits per heavy atom. The molecule has 0 amide bonds. The molecule has 1 fully saturated rings. The highest BCUT2D eigenvalue weighted by atomic mass is 32.1. The Hall–Kier alpha value is -0.860. The van der Waals surface area contributed by atoms with Crippen LogP contribution in [0.25, 0.3) is 10.1 Å². The van der Waals surface area contributed by atoms with Crippen LogP contribution >= 0.6 is 11.3 Å². The van der Waals surface area contributed by atoms with Gasteiger partial charge in [-0.25, -0.2) is 0 Å². The van der Waals surface area contributed by atoms with Crippen molar-refractivity contribution in [2.45, 2.75) is 45.1 Å². The molecule has 1 aliphatic carbocycles. The molecule has 1 aromatic carbocycles. The van der Waals surface area contributed by atoms with Gasteiger partial charge in [-0.2, -0.15) is 0 Å². The van der Waals surface area contributed by atoms with Gasteiger partial charge in [0.2, 0.25) is 0 Å². The van der Waals surface area contributed by atoms with Crippen molar-refractivity contribution in [1.29, 1.82) is 0 Å². The van der Waals surface area contributed by atoms with E-state index >= 15 is 0 Å². The molecule has 1 N–H and O–H groups in total. The first-order valence-corrected chi connectivity index (χ1v) is 8.82. The number of rotatable bonds is 4. The molecule has 1 heterocycles. The third-order valence-electron chi connectivity index (χ3n) is 5.08. The zero-order chi connectivity index (χ0) is 13.9. The summed E-state index contributed by atoms with van der Waals surface area (Å²) in [6, 6.07) is 9.55. The molecule has 0 bridgehead atoms. The van der Waals surface area contributed by atoms with E-state index in [0.29, 0.717) is 6.04 Å². The van der Waals surface area contributed by atoms with Gasteiger partial charge in [-0.3, -0.25) is 0 Å². The zero-order valence-electron chi connectivity index (χ0n) is 12.6. The van der Waals surface area contributed by atoms with Gasteiger partial charge >= 0.3 is 0 Å². The lowest BCUT2D eigenvalue weighted by Gasteiger charge is -2.36. The molecular formula is C18H25NS. The third kappa shape index (κ3) is 2.77. The van der Waals surface area contributed by atoms with E-state index in [2.05, 4.69) is 48.9 Å². The van der Waals surface area contributed by atoms with Gasteiger partial charge < -0.3 is 5.32 Å². The van der Waals surface area contributed by atoms with Crippen molar-refractivity contribution >= 4 is 21.4 Å². The topological polar surface area (TPSA) is 12.0 Å². The van der Waals surface area contributed by atoms with Gasteiger partial charge in [0, 0.05) is 10.7 Å². The van der Waals surface area contributed by atoms with Gasteiger partial charge in [-0.15, -0.1) is 11.3 Å². The van der Waals surface area contributed by atoms with Crippen molar-refractivity contribution in [2.24, 2.45) is 11.8 Å². The van der Waals surface area contributed by atoms with Crippen LogP contribution in [0.15, 0.2) is 29.6 Å². The van der Waals surface area contributed by atoms with E-state index in [1.807, 2.05) is 11.3 Å². The van der Waals surface area contributed by atoms with Crippen molar-refractivity contribution < 1.29 is 0 Å². The second-order valence-electron chi connectivity index (χ2n) is 6.20. The Morgan fingerprint density at radius 2 is 2.10 bits per heavy atom. The van der Waals surface area contributed by atoms with E-state index in [4.69, 9.17) is 0 Å². The summed E-state index contributed by atoms with van der Waals surface area (Å²) in [6.45, 7) is 2.35. The van der Waals surface area contributed by atoms with Crippen LogP contribution in [0.3, 0.4) is 0 Å². The lowest BCUT2D eigenvalue weighted by molar-refractivity contribution is 0.205. The maximum Gasteiger partial charge on any atom is 0.0345 e. The molecule has 3 unspecified atom stereocenters. The molecular weight excluding hydrogens is 262 g/mol.